The largest absolute Gasteiger partial charge is 0.390 e. The minimum absolute atomic E-state index is 0.266. The molecule has 2 fully saturated rings. The number of aromatic nitrogens is 4. The lowest BCUT2D eigenvalue weighted by Gasteiger charge is -2.16. The first-order valence-corrected chi connectivity index (χ1v) is 9.10. The summed E-state index contributed by atoms with van der Waals surface area (Å²) in [5.74, 6) is 0.266. The van der Waals surface area contributed by atoms with Crippen LogP contribution in [-0.2, 0) is 13.8 Å². The summed E-state index contributed by atoms with van der Waals surface area (Å²) in [5.41, 5.74) is 5.78. The molecule has 3 heterocycles. The lowest BCUT2D eigenvalue weighted by Crippen LogP contribution is -2.27. The molecule has 1 aliphatic heterocycles. The third kappa shape index (κ3) is 2.34. The van der Waals surface area contributed by atoms with Crippen molar-refractivity contribution in [2.24, 2.45) is 0 Å². The molecule has 124 valence electrons. The second kappa shape index (κ2) is 4.71. The third-order valence-corrected chi connectivity index (χ3v) is 4.90. The first kappa shape index (κ1) is 15.0. The summed E-state index contributed by atoms with van der Waals surface area (Å²) < 4.78 is 24.1. The molecule has 5 atom stereocenters. The maximum absolute atomic E-state index is 11.4. The van der Waals surface area contributed by atoms with E-state index >= 15 is 0 Å². The lowest BCUT2D eigenvalue weighted by molar-refractivity contribution is -0.0554. The van der Waals surface area contributed by atoms with Crippen LogP contribution in [0.15, 0.2) is 12.7 Å². The molecular weight excluding hydrogens is 325 g/mol. The van der Waals surface area contributed by atoms with E-state index in [0.717, 1.165) is 6.66 Å². The fourth-order valence-electron chi connectivity index (χ4n) is 3.09. The second-order valence-electron chi connectivity index (χ2n) is 5.96. The van der Waals surface area contributed by atoms with Gasteiger partial charge in [-0.3, -0.25) is 9.13 Å². The number of imidazole rings is 1. The van der Waals surface area contributed by atoms with Crippen molar-refractivity contribution in [3.63, 3.8) is 0 Å². The van der Waals surface area contributed by atoms with Crippen LogP contribution in [0.4, 0.5) is 5.82 Å². The third-order valence-electron chi connectivity index (χ3n) is 4.25. The molecule has 0 amide bonds. The maximum Gasteiger partial charge on any atom is 0.325 e. The van der Waals surface area contributed by atoms with E-state index in [1.165, 1.54) is 12.7 Å². The monoisotopic (exact) mass is 341 g/mol. The standard InChI is InChI=1S/C12H16N5O5P/c1-23(19,20)22-7-3-12(7)6(18)2-8(21-12)17-5-16-9-10(13)14-4-15-11(9)17/h4-8,18H,2-3H2,1H3,(H,19,20)(H2,13,14,15)/t6-,7+,8+,12-/m0/s1. The fourth-order valence-corrected chi connectivity index (χ4v) is 3.81. The summed E-state index contributed by atoms with van der Waals surface area (Å²) in [6, 6.07) is 0. The Balaban J connectivity index is 1.61. The van der Waals surface area contributed by atoms with Crippen LogP contribution in [0.25, 0.3) is 11.2 Å². The topological polar surface area (TPSA) is 146 Å². The number of rotatable bonds is 3. The van der Waals surface area contributed by atoms with Crippen molar-refractivity contribution in [2.75, 3.05) is 12.4 Å². The van der Waals surface area contributed by atoms with Crippen molar-refractivity contribution in [1.29, 1.82) is 0 Å². The molecule has 0 radical (unpaired) electrons. The van der Waals surface area contributed by atoms with E-state index < -0.39 is 31.6 Å². The summed E-state index contributed by atoms with van der Waals surface area (Å²) >= 11 is 0. The average molecular weight is 341 g/mol. The number of nitrogens with two attached hydrogens (primary N) is 1. The molecule has 4 N–H and O–H groups in total. The van der Waals surface area contributed by atoms with Gasteiger partial charge >= 0.3 is 7.60 Å². The van der Waals surface area contributed by atoms with Crippen molar-refractivity contribution >= 4 is 24.6 Å². The first-order chi connectivity index (χ1) is 10.8. The summed E-state index contributed by atoms with van der Waals surface area (Å²) in [4.78, 5) is 21.5. The number of aliphatic hydroxyl groups excluding tert-OH is 1. The summed E-state index contributed by atoms with van der Waals surface area (Å²) in [6.45, 7) is 1.11. The van der Waals surface area contributed by atoms with E-state index in [0.29, 0.717) is 24.0 Å². The number of nitrogens with zero attached hydrogens (tertiary/aromatic N) is 4. The average Bonchev–Trinajstić information content (AvgIpc) is 2.81. The highest BCUT2D eigenvalue weighted by Gasteiger charge is 2.67. The molecule has 2 aromatic heterocycles. The number of nitrogen functional groups attached to an aromatic ring is 1. The van der Waals surface area contributed by atoms with Crippen molar-refractivity contribution < 1.29 is 23.8 Å². The fraction of sp³-hybridized carbons (Fsp3) is 0.583. The zero-order chi connectivity index (χ0) is 16.4. The number of ether oxygens (including phenoxy) is 1. The minimum Gasteiger partial charge on any atom is -0.390 e. The Labute approximate surface area is 130 Å². The van der Waals surface area contributed by atoms with Gasteiger partial charge < -0.3 is 25.0 Å². The number of hydrogen-bond acceptors (Lipinski definition) is 8. The van der Waals surface area contributed by atoms with E-state index in [4.69, 9.17) is 15.0 Å². The molecule has 0 bridgehead atoms. The van der Waals surface area contributed by atoms with Crippen molar-refractivity contribution in [3.05, 3.63) is 12.7 Å². The quantitative estimate of drug-likeness (QED) is 0.658. The summed E-state index contributed by atoms with van der Waals surface area (Å²) in [7, 11) is -3.64. The number of hydrogen-bond donors (Lipinski definition) is 3. The van der Waals surface area contributed by atoms with E-state index in [1.807, 2.05) is 0 Å². The SMILES string of the molecule is CP(=O)(O)O[C@@H]1C[C@@]12O[C@@H](n1cnc3c(N)ncnc31)C[C@@H]2O. The van der Waals surface area contributed by atoms with Crippen LogP contribution in [0.5, 0.6) is 0 Å². The van der Waals surface area contributed by atoms with Crippen LogP contribution in [0, 0.1) is 0 Å². The number of fused-ring (bicyclic) bond motifs is 1. The van der Waals surface area contributed by atoms with E-state index in [2.05, 4.69) is 15.0 Å². The Bertz CT molecular complexity index is 821. The zero-order valence-electron chi connectivity index (χ0n) is 12.2. The van der Waals surface area contributed by atoms with Gasteiger partial charge in [-0.05, 0) is 0 Å². The molecule has 0 aromatic carbocycles. The zero-order valence-corrected chi connectivity index (χ0v) is 13.1. The Kier molecular flexibility index (Phi) is 3.07. The van der Waals surface area contributed by atoms with Crippen molar-refractivity contribution in [2.45, 2.75) is 36.9 Å². The predicted octanol–water partition coefficient (Wildman–Crippen LogP) is 0.0312. The molecule has 4 rings (SSSR count). The highest BCUT2D eigenvalue weighted by Crippen LogP contribution is 2.59. The van der Waals surface area contributed by atoms with Crippen LogP contribution < -0.4 is 5.73 Å². The van der Waals surface area contributed by atoms with Crippen molar-refractivity contribution in [1.82, 2.24) is 19.5 Å². The van der Waals surface area contributed by atoms with Gasteiger partial charge in [-0.15, -0.1) is 0 Å². The maximum atomic E-state index is 11.4. The van der Waals surface area contributed by atoms with Gasteiger partial charge in [-0.1, -0.05) is 0 Å². The van der Waals surface area contributed by atoms with Crippen molar-refractivity contribution in [3.8, 4) is 0 Å². The molecular formula is C12H16N5O5P. The Morgan fingerprint density at radius 3 is 3.04 bits per heavy atom. The van der Waals surface area contributed by atoms with Crippen LogP contribution >= 0.6 is 7.60 Å². The van der Waals surface area contributed by atoms with E-state index in [1.54, 1.807) is 4.57 Å². The van der Waals surface area contributed by atoms with Gasteiger partial charge in [0.05, 0.1) is 12.4 Å². The highest BCUT2D eigenvalue weighted by atomic mass is 31.2. The van der Waals surface area contributed by atoms with Crippen LogP contribution in [0.1, 0.15) is 19.1 Å². The van der Waals surface area contributed by atoms with Gasteiger partial charge in [0.1, 0.15) is 29.8 Å². The van der Waals surface area contributed by atoms with Gasteiger partial charge in [0.25, 0.3) is 0 Å². The molecule has 11 heteroatoms. The molecule has 10 nitrogen and oxygen atoms in total. The molecule has 1 spiro atoms. The lowest BCUT2D eigenvalue weighted by atomic mass is 10.1. The molecule has 23 heavy (non-hydrogen) atoms. The smallest absolute Gasteiger partial charge is 0.325 e. The Morgan fingerprint density at radius 2 is 2.30 bits per heavy atom. The summed E-state index contributed by atoms with van der Waals surface area (Å²) in [5, 5.41) is 10.3. The molecule has 2 aromatic rings. The minimum atomic E-state index is -3.64. The number of aliphatic hydroxyl groups is 1. The second-order valence-corrected chi connectivity index (χ2v) is 7.78. The van der Waals surface area contributed by atoms with Crippen LogP contribution in [0.3, 0.4) is 0 Å². The van der Waals surface area contributed by atoms with Gasteiger partial charge in [-0.25, -0.2) is 15.0 Å². The molecule has 1 saturated carbocycles. The van der Waals surface area contributed by atoms with Gasteiger partial charge in [0.15, 0.2) is 11.5 Å². The normalized spacial score (nSPS) is 35.7. The van der Waals surface area contributed by atoms with Gasteiger partial charge in [0.2, 0.25) is 0 Å². The van der Waals surface area contributed by atoms with E-state index in [9.17, 15) is 14.6 Å². The molecule has 1 saturated heterocycles. The van der Waals surface area contributed by atoms with Gasteiger partial charge in [0, 0.05) is 19.5 Å². The molecule has 1 aliphatic carbocycles. The molecule has 1 unspecified atom stereocenters. The van der Waals surface area contributed by atoms with Gasteiger partial charge in [-0.2, -0.15) is 0 Å². The Morgan fingerprint density at radius 1 is 1.52 bits per heavy atom. The Hall–Kier alpha value is -1.58. The van der Waals surface area contributed by atoms with Crippen LogP contribution in [-0.4, -0.2) is 54.0 Å². The highest BCUT2D eigenvalue weighted by molar-refractivity contribution is 7.51. The number of anilines is 1. The predicted molar refractivity (Wildman–Crippen MR) is 78.5 cm³/mol. The first-order valence-electron chi connectivity index (χ1n) is 7.08. The van der Waals surface area contributed by atoms with E-state index in [-0.39, 0.29) is 5.82 Å². The van der Waals surface area contributed by atoms with Crippen LogP contribution in [0.2, 0.25) is 0 Å². The summed E-state index contributed by atoms with van der Waals surface area (Å²) in [6.07, 6.45) is 1.62. The molecule has 2 aliphatic rings.